The number of aromatic amines is 1. The van der Waals surface area contributed by atoms with Gasteiger partial charge in [0.25, 0.3) is 11.1 Å². The molecule has 5 rings (SSSR count). The third kappa shape index (κ3) is 2.71. The van der Waals surface area contributed by atoms with Gasteiger partial charge in [-0.25, -0.2) is 4.68 Å². The first-order valence-corrected chi connectivity index (χ1v) is 9.65. The van der Waals surface area contributed by atoms with Gasteiger partial charge in [-0.2, -0.15) is 0 Å². The van der Waals surface area contributed by atoms with E-state index in [4.69, 9.17) is 4.74 Å². The van der Waals surface area contributed by atoms with Crippen molar-refractivity contribution in [2.75, 3.05) is 7.11 Å². The second-order valence-electron chi connectivity index (χ2n) is 7.51. The number of rotatable bonds is 3. The van der Waals surface area contributed by atoms with E-state index in [-0.39, 0.29) is 17.2 Å². The summed E-state index contributed by atoms with van der Waals surface area (Å²) in [6.45, 7) is 1.86. The van der Waals surface area contributed by atoms with Gasteiger partial charge in [-0.05, 0) is 55.2 Å². The van der Waals surface area contributed by atoms with Crippen molar-refractivity contribution in [3.05, 3.63) is 92.1 Å². The highest BCUT2D eigenvalue weighted by atomic mass is 16.5. The molecule has 0 fully saturated rings. The molecule has 0 amide bonds. The zero-order chi connectivity index (χ0) is 20.1. The van der Waals surface area contributed by atoms with E-state index in [1.54, 1.807) is 23.8 Å². The van der Waals surface area contributed by atoms with Gasteiger partial charge in [-0.15, -0.1) is 0 Å². The van der Waals surface area contributed by atoms with Crippen LogP contribution in [0.25, 0.3) is 16.6 Å². The van der Waals surface area contributed by atoms with Gasteiger partial charge in [0, 0.05) is 17.8 Å². The van der Waals surface area contributed by atoms with Gasteiger partial charge in [-0.1, -0.05) is 24.3 Å². The highest BCUT2D eigenvalue weighted by molar-refractivity contribution is 5.80. The van der Waals surface area contributed by atoms with Crippen molar-refractivity contribution in [2.45, 2.75) is 25.8 Å². The third-order valence-electron chi connectivity index (χ3n) is 5.87. The van der Waals surface area contributed by atoms with Crippen LogP contribution in [-0.2, 0) is 12.8 Å². The lowest BCUT2D eigenvalue weighted by Gasteiger charge is -2.17. The summed E-state index contributed by atoms with van der Waals surface area (Å²) in [5.41, 5.74) is 4.25. The van der Waals surface area contributed by atoms with Crippen molar-refractivity contribution in [3.63, 3.8) is 0 Å². The van der Waals surface area contributed by atoms with Crippen LogP contribution >= 0.6 is 0 Å². The molecule has 0 saturated carbocycles. The van der Waals surface area contributed by atoms with Crippen molar-refractivity contribution < 1.29 is 4.74 Å². The molecule has 0 saturated heterocycles. The number of hydrogen-bond donors (Lipinski definition) is 1. The summed E-state index contributed by atoms with van der Waals surface area (Å²) in [7, 11) is 1.60. The number of pyridine rings is 1. The summed E-state index contributed by atoms with van der Waals surface area (Å²) < 4.78 is 8.45. The number of aromatic nitrogens is 3. The second-order valence-corrected chi connectivity index (χ2v) is 7.51. The minimum atomic E-state index is -0.160. The number of benzene rings is 2. The molecule has 2 heterocycles. The van der Waals surface area contributed by atoms with E-state index in [0.29, 0.717) is 22.3 Å². The Hall–Kier alpha value is -3.54. The van der Waals surface area contributed by atoms with Crippen molar-refractivity contribution >= 4 is 10.9 Å². The van der Waals surface area contributed by atoms with E-state index >= 15 is 0 Å². The van der Waals surface area contributed by atoms with E-state index in [9.17, 15) is 9.59 Å². The molecule has 6 nitrogen and oxygen atoms in total. The maximum atomic E-state index is 13.2. The molecule has 0 bridgehead atoms. The smallest absolute Gasteiger partial charge is 0.280 e. The monoisotopic (exact) mass is 387 g/mol. The fourth-order valence-electron chi connectivity index (χ4n) is 4.47. The minimum Gasteiger partial charge on any atom is -0.497 e. The van der Waals surface area contributed by atoms with Crippen molar-refractivity contribution in [2.24, 2.45) is 0 Å². The first kappa shape index (κ1) is 17.6. The van der Waals surface area contributed by atoms with Crippen LogP contribution in [0.15, 0.2) is 64.2 Å². The van der Waals surface area contributed by atoms with Gasteiger partial charge < -0.3 is 9.30 Å². The Kier molecular flexibility index (Phi) is 3.94. The van der Waals surface area contributed by atoms with Crippen LogP contribution in [0.1, 0.15) is 22.9 Å². The Labute approximate surface area is 167 Å². The lowest BCUT2D eigenvalue weighted by atomic mass is 10.1. The van der Waals surface area contributed by atoms with Crippen molar-refractivity contribution in [1.29, 1.82) is 0 Å². The predicted octanol–water partition coefficient (Wildman–Crippen LogP) is 3.14. The summed E-state index contributed by atoms with van der Waals surface area (Å²) >= 11 is 0. The minimum absolute atomic E-state index is 0.0352. The van der Waals surface area contributed by atoms with Crippen molar-refractivity contribution in [1.82, 2.24) is 14.3 Å². The fraction of sp³-hybridized carbons (Fsp3) is 0.217. The largest absolute Gasteiger partial charge is 0.497 e. The molecule has 1 N–H and O–H groups in total. The van der Waals surface area contributed by atoms with Crippen LogP contribution in [-0.4, -0.2) is 21.5 Å². The Morgan fingerprint density at radius 1 is 1.00 bits per heavy atom. The molecule has 1 aliphatic rings. The number of hydrogen-bond acceptors (Lipinski definition) is 3. The zero-order valence-electron chi connectivity index (χ0n) is 16.3. The number of fused-ring (bicyclic) bond motifs is 2. The number of nitrogens with one attached hydrogen (secondary N) is 1. The van der Waals surface area contributed by atoms with Crippen LogP contribution in [0.4, 0.5) is 0 Å². The number of aryl methyl sites for hydroxylation is 1. The maximum Gasteiger partial charge on any atom is 0.280 e. The molecule has 0 aliphatic heterocycles. The Balaban J connectivity index is 1.64. The highest BCUT2D eigenvalue weighted by Gasteiger charge is 2.26. The van der Waals surface area contributed by atoms with Crippen LogP contribution < -0.4 is 15.9 Å². The lowest BCUT2D eigenvalue weighted by molar-refractivity contribution is 0.414. The molecule has 6 heteroatoms. The molecular formula is C23H21N3O3. The van der Waals surface area contributed by atoms with E-state index in [2.05, 4.69) is 17.2 Å². The normalized spacial score (nSPS) is 13.7. The van der Waals surface area contributed by atoms with Gasteiger partial charge in [0.1, 0.15) is 5.75 Å². The molecule has 0 unspecified atom stereocenters. The van der Waals surface area contributed by atoms with E-state index in [1.165, 1.54) is 21.9 Å². The molecular weight excluding hydrogens is 366 g/mol. The Morgan fingerprint density at radius 2 is 1.66 bits per heavy atom. The van der Waals surface area contributed by atoms with Crippen LogP contribution in [0.3, 0.4) is 0 Å². The lowest BCUT2D eigenvalue weighted by Crippen LogP contribution is -2.27. The molecule has 2 aromatic heterocycles. The van der Waals surface area contributed by atoms with Gasteiger partial charge in [0.15, 0.2) is 0 Å². The quantitative estimate of drug-likeness (QED) is 0.587. The standard InChI is InChI=1S/C23H21N3O3/c1-14-22-20(24-26(23(22)28)17-7-9-19(29-2)10-8-17)13-21(27)25(14)18-11-15-5-3-4-6-16(15)12-18/h3-10,13,18,24H,11-12H2,1-2H3. The van der Waals surface area contributed by atoms with E-state index < -0.39 is 0 Å². The highest BCUT2D eigenvalue weighted by Crippen LogP contribution is 2.30. The van der Waals surface area contributed by atoms with Crippen LogP contribution in [0.2, 0.25) is 0 Å². The van der Waals surface area contributed by atoms with Gasteiger partial charge >= 0.3 is 0 Å². The molecule has 29 heavy (non-hydrogen) atoms. The van der Waals surface area contributed by atoms with Gasteiger partial charge in [-0.3, -0.25) is 14.7 Å². The summed E-state index contributed by atoms with van der Waals surface area (Å²) in [5, 5.41) is 3.64. The van der Waals surface area contributed by atoms with Crippen LogP contribution in [0, 0.1) is 6.92 Å². The number of ether oxygens (including phenoxy) is 1. The zero-order valence-corrected chi connectivity index (χ0v) is 16.3. The average Bonchev–Trinajstić information content (AvgIpc) is 3.29. The van der Waals surface area contributed by atoms with Crippen LogP contribution in [0.5, 0.6) is 5.75 Å². The fourth-order valence-corrected chi connectivity index (χ4v) is 4.47. The molecule has 1 aliphatic carbocycles. The van der Waals surface area contributed by atoms with Crippen molar-refractivity contribution in [3.8, 4) is 11.4 Å². The molecule has 4 aromatic rings. The summed E-state index contributed by atoms with van der Waals surface area (Å²) in [6.07, 6.45) is 1.61. The second kappa shape index (κ2) is 6.51. The number of H-pyrrole nitrogens is 1. The number of nitrogens with zero attached hydrogens (tertiary/aromatic N) is 2. The Morgan fingerprint density at radius 3 is 2.28 bits per heavy atom. The first-order valence-electron chi connectivity index (χ1n) is 9.65. The topological polar surface area (TPSA) is 69.0 Å². The molecule has 146 valence electrons. The van der Waals surface area contributed by atoms with E-state index in [0.717, 1.165) is 18.6 Å². The molecule has 2 aromatic carbocycles. The van der Waals surface area contributed by atoms with Gasteiger partial charge in [0.05, 0.1) is 23.7 Å². The molecule has 0 spiro atoms. The first-order chi connectivity index (χ1) is 14.1. The summed E-state index contributed by atoms with van der Waals surface area (Å²) in [4.78, 5) is 26.1. The van der Waals surface area contributed by atoms with Gasteiger partial charge in [0.2, 0.25) is 0 Å². The molecule has 0 atom stereocenters. The summed E-state index contributed by atoms with van der Waals surface area (Å²) in [6, 6.07) is 17.1. The summed E-state index contributed by atoms with van der Waals surface area (Å²) in [5.74, 6) is 0.717. The van der Waals surface area contributed by atoms with E-state index in [1.807, 2.05) is 31.2 Å². The predicted molar refractivity (Wildman–Crippen MR) is 112 cm³/mol. The third-order valence-corrected chi connectivity index (χ3v) is 5.87. The number of methoxy groups -OCH3 is 1. The molecule has 0 radical (unpaired) electrons. The maximum absolute atomic E-state index is 13.2. The Bertz CT molecular complexity index is 1320. The average molecular weight is 387 g/mol. The SMILES string of the molecule is COc1ccc(-n2[nH]c3cc(=O)n(C4Cc5ccccc5C4)c(C)c3c2=O)cc1.